The van der Waals surface area contributed by atoms with Crippen molar-refractivity contribution in [3.63, 3.8) is 0 Å². The van der Waals surface area contributed by atoms with E-state index in [1.165, 1.54) is 6.07 Å². The Morgan fingerprint density at radius 3 is 2.83 bits per heavy atom. The number of aromatic amines is 1. The summed E-state index contributed by atoms with van der Waals surface area (Å²) >= 11 is 0. The summed E-state index contributed by atoms with van der Waals surface area (Å²) in [6.07, 6.45) is 1.57. The highest BCUT2D eigenvalue weighted by molar-refractivity contribution is 7.89. The quantitative estimate of drug-likeness (QED) is 0.724. The molecule has 1 aliphatic rings. The van der Waals surface area contributed by atoms with Gasteiger partial charge in [-0.3, -0.25) is 9.89 Å². The van der Waals surface area contributed by atoms with E-state index in [2.05, 4.69) is 15.5 Å². The first-order chi connectivity index (χ1) is 11.3. The van der Waals surface area contributed by atoms with Crippen molar-refractivity contribution in [2.24, 2.45) is 11.1 Å². The Labute approximate surface area is 140 Å². The second kappa shape index (κ2) is 6.15. The van der Waals surface area contributed by atoms with Crippen LogP contribution in [0, 0.1) is 5.92 Å². The van der Waals surface area contributed by atoms with Crippen LogP contribution in [0.1, 0.15) is 13.8 Å². The number of H-pyrrole nitrogens is 1. The smallest absolute Gasteiger partial charge is 0.240 e. The first kappa shape index (κ1) is 16.9. The highest BCUT2D eigenvalue weighted by Gasteiger charge is 2.34. The number of nitrogens with two attached hydrogens (primary N) is 1. The van der Waals surface area contributed by atoms with Crippen LogP contribution >= 0.6 is 0 Å². The second-order valence-corrected chi connectivity index (χ2v) is 7.79. The van der Waals surface area contributed by atoms with Crippen LogP contribution in [0.5, 0.6) is 0 Å². The van der Waals surface area contributed by atoms with E-state index in [1.54, 1.807) is 12.3 Å². The number of aromatic nitrogens is 2. The molecule has 4 N–H and O–H groups in total. The molecule has 0 bridgehead atoms. The number of anilines is 1. The molecule has 1 aromatic heterocycles. The van der Waals surface area contributed by atoms with Gasteiger partial charge in [-0.05, 0) is 12.1 Å². The molecular weight excluding hydrogens is 330 g/mol. The number of Topliss-reactive ketones (excluding diaryl/α,β-unsaturated/α-hetero) is 1. The van der Waals surface area contributed by atoms with Crippen LogP contribution in [0.3, 0.4) is 0 Å². The van der Waals surface area contributed by atoms with Crippen molar-refractivity contribution >= 4 is 32.4 Å². The van der Waals surface area contributed by atoms with Gasteiger partial charge in [0.2, 0.25) is 10.0 Å². The predicted octanol–water partition coefficient (Wildman–Crippen LogP) is 0.214. The van der Waals surface area contributed by atoms with Crippen molar-refractivity contribution in [1.29, 1.82) is 0 Å². The van der Waals surface area contributed by atoms with Crippen LogP contribution in [0.15, 0.2) is 23.2 Å². The summed E-state index contributed by atoms with van der Waals surface area (Å²) in [5.41, 5.74) is 1.15. The van der Waals surface area contributed by atoms with E-state index in [4.69, 9.17) is 5.14 Å². The first-order valence-electron chi connectivity index (χ1n) is 7.80. The van der Waals surface area contributed by atoms with Gasteiger partial charge < -0.3 is 10.2 Å². The molecule has 2 aromatic rings. The lowest BCUT2D eigenvalue weighted by atomic mass is 9.98. The number of carbonyl (C=O) groups is 1. The molecule has 0 radical (unpaired) electrons. The number of fused-ring (bicyclic) bond motifs is 1. The minimum atomic E-state index is -3.94. The van der Waals surface area contributed by atoms with Crippen LogP contribution in [0.4, 0.5) is 5.69 Å². The van der Waals surface area contributed by atoms with Crippen molar-refractivity contribution in [1.82, 2.24) is 15.5 Å². The van der Waals surface area contributed by atoms with Crippen LogP contribution in [0.2, 0.25) is 0 Å². The molecule has 1 saturated heterocycles. The Balaban J connectivity index is 2.22. The van der Waals surface area contributed by atoms with Gasteiger partial charge in [0, 0.05) is 30.9 Å². The molecule has 1 fully saturated rings. The van der Waals surface area contributed by atoms with Crippen molar-refractivity contribution < 1.29 is 13.2 Å². The van der Waals surface area contributed by atoms with E-state index in [9.17, 15) is 13.2 Å². The van der Waals surface area contributed by atoms with Gasteiger partial charge in [-0.25, -0.2) is 13.6 Å². The number of primary sulfonamides is 1. The Bertz CT molecular complexity index is 874. The molecule has 9 heteroatoms. The van der Waals surface area contributed by atoms with Crippen molar-refractivity contribution in [3.05, 3.63) is 18.3 Å². The number of piperazine rings is 1. The van der Waals surface area contributed by atoms with Crippen LogP contribution in [-0.2, 0) is 14.8 Å². The van der Waals surface area contributed by atoms with E-state index < -0.39 is 16.1 Å². The zero-order valence-electron chi connectivity index (χ0n) is 13.6. The molecule has 8 nitrogen and oxygen atoms in total. The van der Waals surface area contributed by atoms with Crippen molar-refractivity contribution in [2.75, 3.05) is 24.5 Å². The maximum absolute atomic E-state index is 12.6. The first-order valence-corrected chi connectivity index (χ1v) is 9.35. The summed E-state index contributed by atoms with van der Waals surface area (Å²) in [4.78, 5) is 14.5. The molecule has 0 aliphatic carbocycles. The van der Waals surface area contributed by atoms with Crippen LogP contribution in [-0.4, -0.2) is 50.1 Å². The van der Waals surface area contributed by atoms with Crippen LogP contribution in [0.25, 0.3) is 10.9 Å². The van der Waals surface area contributed by atoms with Crippen molar-refractivity contribution in [3.8, 4) is 0 Å². The third-order valence-electron chi connectivity index (χ3n) is 4.29. The van der Waals surface area contributed by atoms with Gasteiger partial charge in [0.1, 0.15) is 10.9 Å². The normalized spacial score (nSPS) is 19.2. The molecule has 130 valence electrons. The largest absolute Gasteiger partial charge is 0.357 e. The van der Waals surface area contributed by atoms with Gasteiger partial charge in [-0.2, -0.15) is 5.10 Å². The van der Waals surface area contributed by atoms with Gasteiger partial charge in [0.15, 0.2) is 5.78 Å². The summed E-state index contributed by atoms with van der Waals surface area (Å²) in [7, 11) is -3.94. The molecule has 0 amide bonds. The van der Waals surface area contributed by atoms with E-state index in [-0.39, 0.29) is 16.6 Å². The van der Waals surface area contributed by atoms with E-state index >= 15 is 0 Å². The predicted molar refractivity (Wildman–Crippen MR) is 91.3 cm³/mol. The maximum atomic E-state index is 12.6. The average Bonchev–Trinajstić information content (AvgIpc) is 3.00. The Kier molecular flexibility index (Phi) is 4.33. The average molecular weight is 351 g/mol. The fourth-order valence-electron chi connectivity index (χ4n) is 3.12. The molecule has 1 unspecified atom stereocenters. The van der Waals surface area contributed by atoms with E-state index in [0.717, 1.165) is 0 Å². The molecule has 24 heavy (non-hydrogen) atoms. The fraction of sp³-hybridized carbons (Fsp3) is 0.467. The number of nitrogens with zero attached hydrogens (tertiary/aromatic N) is 2. The summed E-state index contributed by atoms with van der Waals surface area (Å²) < 4.78 is 24.2. The van der Waals surface area contributed by atoms with E-state index in [1.807, 2.05) is 18.7 Å². The van der Waals surface area contributed by atoms with Gasteiger partial charge >= 0.3 is 0 Å². The minimum absolute atomic E-state index is 0.0138. The summed E-state index contributed by atoms with van der Waals surface area (Å²) in [5, 5.41) is 16.1. The highest BCUT2D eigenvalue weighted by Crippen LogP contribution is 2.34. The lowest BCUT2D eigenvalue weighted by Gasteiger charge is -2.38. The molecule has 0 saturated carbocycles. The zero-order valence-corrected chi connectivity index (χ0v) is 14.4. The number of rotatable bonds is 4. The Morgan fingerprint density at radius 2 is 2.17 bits per heavy atom. The summed E-state index contributed by atoms with van der Waals surface area (Å²) in [6.45, 7) is 5.31. The Morgan fingerprint density at radius 1 is 1.42 bits per heavy atom. The molecule has 1 aromatic carbocycles. The third-order valence-corrected chi connectivity index (χ3v) is 5.24. The number of ketones is 1. The molecule has 1 aliphatic heterocycles. The molecule has 0 spiro atoms. The highest BCUT2D eigenvalue weighted by atomic mass is 32.2. The second-order valence-electron chi connectivity index (χ2n) is 6.26. The van der Waals surface area contributed by atoms with Gasteiger partial charge in [0.05, 0.1) is 17.4 Å². The van der Waals surface area contributed by atoms with E-state index in [0.29, 0.717) is 36.2 Å². The summed E-state index contributed by atoms with van der Waals surface area (Å²) in [5.74, 6) is -0.0954. The number of sulfonamides is 1. The topological polar surface area (TPSA) is 121 Å². The van der Waals surface area contributed by atoms with Crippen molar-refractivity contribution in [2.45, 2.75) is 24.8 Å². The van der Waals surface area contributed by atoms with Crippen LogP contribution < -0.4 is 15.4 Å². The lowest BCUT2D eigenvalue weighted by molar-refractivity contribution is -0.123. The Hall–Kier alpha value is -1.97. The number of carbonyl (C=O) groups excluding carboxylic acids is 1. The standard InChI is InChI=1S/C15H21N5O3S/c1-9(2)15(21)12-8-17-5-6-20(12)14-10-7-18-19-11(10)3-4-13(14)24(16,22)23/h3-4,7,9,12,17H,5-6,8H2,1-2H3,(H,18,19)(H2,16,22,23). The number of benzene rings is 1. The maximum Gasteiger partial charge on any atom is 0.240 e. The monoisotopic (exact) mass is 351 g/mol. The van der Waals surface area contributed by atoms with Gasteiger partial charge in [0.25, 0.3) is 0 Å². The number of hydrogen-bond donors (Lipinski definition) is 3. The minimum Gasteiger partial charge on any atom is -0.357 e. The zero-order chi connectivity index (χ0) is 17.5. The van der Waals surface area contributed by atoms with Gasteiger partial charge in [-0.15, -0.1) is 0 Å². The molecule has 2 heterocycles. The number of nitrogens with one attached hydrogen (secondary N) is 2. The molecular formula is C15H21N5O3S. The summed E-state index contributed by atoms with van der Waals surface area (Å²) in [6, 6.07) is 2.65. The molecule has 3 rings (SSSR count). The van der Waals surface area contributed by atoms with Gasteiger partial charge in [-0.1, -0.05) is 13.8 Å². The SMILES string of the molecule is CC(C)C(=O)C1CNCCN1c1c(S(N)(=O)=O)ccc2[nH]ncc12. The third kappa shape index (κ3) is 2.90. The lowest BCUT2D eigenvalue weighted by Crippen LogP contribution is -2.56. The fourth-order valence-corrected chi connectivity index (χ4v) is 3.87. The molecule has 1 atom stereocenters. The number of hydrogen-bond acceptors (Lipinski definition) is 6.